The molecule has 1 unspecified atom stereocenters. The minimum atomic E-state index is -5.23. The van der Waals surface area contributed by atoms with Crippen LogP contribution in [0.15, 0.2) is 34.7 Å². The van der Waals surface area contributed by atoms with Gasteiger partial charge in [-0.1, -0.05) is 66.5 Å². The van der Waals surface area contributed by atoms with E-state index in [1.54, 1.807) is 0 Å². The Kier molecular flexibility index (Phi) is 13.4. The second-order valence-corrected chi connectivity index (χ2v) is 22.6. The number of hydrogen-bond acceptors (Lipinski definition) is 9. The van der Waals surface area contributed by atoms with Gasteiger partial charge in [-0.05, 0) is 109 Å². The molecule has 5 aliphatic rings. The minimum absolute atomic E-state index is 0.00782. The van der Waals surface area contributed by atoms with Crippen LogP contribution in [0.2, 0.25) is 0 Å². The maximum atomic E-state index is 13.7. The van der Waals surface area contributed by atoms with Crippen molar-refractivity contribution in [3.8, 4) is 0 Å². The fourth-order valence-electron chi connectivity index (χ4n) is 13.3. The number of rotatable bonds is 13. The van der Waals surface area contributed by atoms with Gasteiger partial charge in [0.15, 0.2) is 0 Å². The highest BCUT2D eigenvalue weighted by Gasteiger charge is 2.72. The first-order valence-electron chi connectivity index (χ1n) is 22.3. The van der Waals surface area contributed by atoms with E-state index in [0.717, 1.165) is 25.7 Å². The average molecular weight is 935 g/mol. The highest BCUT2D eigenvalue weighted by molar-refractivity contribution is 7.89. The molecule has 11 nitrogen and oxygen atoms in total. The zero-order valence-electron chi connectivity index (χ0n) is 37.9. The second-order valence-electron chi connectivity index (χ2n) is 20.8. The quantitative estimate of drug-likeness (QED) is 0.0751. The summed E-state index contributed by atoms with van der Waals surface area (Å²) < 4.78 is 126. The van der Waals surface area contributed by atoms with Gasteiger partial charge in [0.1, 0.15) is 18.2 Å². The van der Waals surface area contributed by atoms with Crippen LogP contribution in [0.4, 0.5) is 26.3 Å². The van der Waals surface area contributed by atoms with Crippen LogP contribution < -0.4 is 10.5 Å². The lowest BCUT2D eigenvalue weighted by Gasteiger charge is -2.71. The van der Waals surface area contributed by atoms with Crippen molar-refractivity contribution >= 4 is 27.9 Å². The van der Waals surface area contributed by atoms with Crippen LogP contribution in [-0.4, -0.2) is 69.4 Å². The Labute approximate surface area is 372 Å². The number of carbonyl (C=O) groups is 3. The summed E-state index contributed by atoms with van der Waals surface area (Å²) in [6, 6.07) is -1.11. The molecule has 1 saturated heterocycles. The molecule has 6 rings (SSSR count). The molecule has 2 bridgehead atoms. The monoisotopic (exact) mass is 934 g/mol. The Bertz CT molecular complexity index is 2100. The number of nitrogens with one attached hydrogen (secondary N) is 1. The standard InChI is InChI=1S/C46H64F6N2O9S/c1-25(2)26(3)40(5)16-17-42(7)31-12-13-35-41(6)23-61-24-44(35,32(31)14-15-43(42,8)36(40)38(56)57)22-34(62-27(4)55)37(41)63-39(58)33(53)11-9-10-18-54-64(59,60)30-20-28(45(47,48)49)19-29(21-30)46(50,51)52/h14,19-21,25-26,31,33-37,54H,9-13,15-18,22-24,53H2,1-8H3,(H,56,57)/t26-,31+,33?,34-,35+,36-,37+,40-,41-,42-,43+,44+/m1/s1. The molecule has 4 aliphatic carbocycles. The van der Waals surface area contributed by atoms with Gasteiger partial charge in [0.05, 0.1) is 35.2 Å². The summed E-state index contributed by atoms with van der Waals surface area (Å²) in [7, 11) is -4.79. The van der Waals surface area contributed by atoms with Crippen molar-refractivity contribution in [2.24, 2.45) is 62.4 Å². The molecule has 4 fully saturated rings. The van der Waals surface area contributed by atoms with Crippen LogP contribution in [0.25, 0.3) is 0 Å². The molecule has 0 radical (unpaired) electrons. The summed E-state index contributed by atoms with van der Waals surface area (Å²) in [5, 5.41) is 11.0. The summed E-state index contributed by atoms with van der Waals surface area (Å²) in [6.45, 7) is 16.6. The normalized spacial score (nSPS) is 36.1. The highest BCUT2D eigenvalue weighted by Crippen LogP contribution is 2.75. The number of fused-ring (bicyclic) bond motifs is 3. The Morgan fingerprint density at radius 2 is 1.55 bits per heavy atom. The molecule has 0 aromatic heterocycles. The molecule has 3 saturated carbocycles. The number of nitrogens with two attached hydrogens (primary N) is 1. The number of alkyl halides is 6. The minimum Gasteiger partial charge on any atom is -0.481 e. The summed E-state index contributed by atoms with van der Waals surface area (Å²) in [5.74, 6) is -2.20. The number of ether oxygens (including phenoxy) is 3. The van der Waals surface area contributed by atoms with Gasteiger partial charge in [-0.25, -0.2) is 13.1 Å². The Morgan fingerprint density at radius 1 is 0.922 bits per heavy atom. The Morgan fingerprint density at radius 3 is 2.11 bits per heavy atom. The van der Waals surface area contributed by atoms with E-state index in [-0.39, 0.29) is 73.8 Å². The van der Waals surface area contributed by atoms with Crippen molar-refractivity contribution in [2.75, 3.05) is 19.8 Å². The molecule has 1 aliphatic heterocycles. The lowest BCUT2D eigenvalue weighted by molar-refractivity contribution is -0.263. The predicted octanol–water partition coefficient (Wildman–Crippen LogP) is 8.93. The van der Waals surface area contributed by atoms with Crippen LogP contribution in [0.3, 0.4) is 0 Å². The topological polar surface area (TPSA) is 171 Å². The number of carboxylic acid groups (broad SMARTS) is 1. The third-order valence-corrected chi connectivity index (χ3v) is 18.5. The zero-order valence-corrected chi connectivity index (χ0v) is 38.7. The van der Waals surface area contributed by atoms with Gasteiger partial charge in [-0.2, -0.15) is 26.3 Å². The van der Waals surface area contributed by atoms with Crippen molar-refractivity contribution in [2.45, 2.75) is 149 Å². The fraction of sp³-hybridized carbons (Fsp3) is 0.761. The Balaban J connectivity index is 1.17. The van der Waals surface area contributed by atoms with Gasteiger partial charge in [0.25, 0.3) is 0 Å². The molecule has 0 spiro atoms. The first kappa shape index (κ1) is 50.2. The van der Waals surface area contributed by atoms with Crippen molar-refractivity contribution in [1.29, 1.82) is 0 Å². The number of unbranched alkanes of at least 4 members (excludes halogenated alkanes) is 1. The summed E-state index contributed by atoms with van der Waals surface area (Å²) in [6.07, 6.45) is -5.81. The molecule has 18 heteroatoms. The number of hydrogen-bond donors (Lipinski definition) is 3. The van der Waals surface area contributed by atoms with Crippen LogP contribution in [0.1, 0.15) is 124 Å². The molecule has 1 aromatic carbocycles. The second kappa shape index (κ2) is 17.1. The maximum absolute atomic E-state index is 13.7. The Hall–Kier alpha value is -3.22. The van der Waals surface area contributed by atoms with Crippen molar-refractivity contribution in [3.05, 3.63) is 41.0 Å². The molecule has 360 valence electrons. The number of esters is 2. The number of allylic oxidation sites excluding steroid dienone is 1. The molecule has 0 amide bonds. The van der Waals surface area contributed by atoms with Crippen LogP contribution >= 0.6 is 0 Å². The SMILES string of the molecule is CC(=O)O[C@@H]1C[C@@]23COC[C@](C)([C@@H]2CC[C@H]2C3=CC[C@@]3(C)[C@H](C(=O)O)[C@@](C)([C@H](C)C(C)C)CC[C@]23C)[C@H]1OC(=O)C(N)CCCCNS(=O)(=O)c1cc(C(F)(F)F)cc(C(F)(F)F)c1. The summed E-state index contributed by atoms with van der Waals surface area (Å²) in [5.41, 5.74) is 1.26. The molecule has 4 N–H and O–H groups in total. The first-order chi connectivity index (χ1) is 29.4. The third kappa shape index (κ3) is 8.52. The van der Waals surface area contributed by atoms with Gasteiger partial charge in [0, 0.05) is 24.3 Å². The van der Waals surface area contributed by atoms with Crippen LogP contribution in [-0.2, 0) is 51.0 Å². The summed E-state index contributed by atoms with van der Waals surface area (Å²) in [4.78, 5) is 38.7. The van der Waals surface area contributed by atoms with E-state index in [4.69, 9.17) is 19.9 Å². The third-order valence-electron chi connectivity index (χ3n) is 17.0. The number of halogens is 6. The smallest absolute Gasteiger partial charge is 0.416 e. The largest absolute Gasteiger partial charge is 0.481 e. The van der Waals surface area contributed by atoms with Gasteiger partial charge in [-0.15, -0.1) is 0 Å². The average Bonchev–Trinajstić information content (AvgIpc) is 3.17. The molecule has 1 heterocycles. The van der Waals surface area contributed by atoms with E-state index in [9.17, 15) is 54.3 Å². The fourth-order valence-corrected chi connectivity index (χ4v) is 14.4. The number of carbonyl (C=O) groups excluding carboxylic acids is 2. The van der Waals surface area contributed by atoms with Crippen molar-refractivity contribution in [3.63, 3.8) is 0 Å². The number of carboxylic acids is 1. The van der Waals surface area contributed by atoms with E-state index >= 15 is 0 Å². The number of sulfonamides is 1. The highest BCUT2D eigenvalue weighted by atomic mass is 32.2. The molecular weight excluding hydrogens is 871 g/mol. The van der Waals surface area contributed by atoms with Gasteiger partial charge < -0.3 is 25.1 Å². The predicted molar refractivity (Wildman–Crippen MR) is 222 cm³/mol. The molecule has 1 aromatic rings. The van der Waals surface area contributed by atoms with Gasteiger partial charge >= 0.3 is 30.3 Å². The van der Waals surface area contributed by atoms with Crippen molar-refractivity contribution < 1.29 is 68.5 Å². The van der Waals surface area contributed by atoms with E-state index in [1.165, 1.54) is 12.5 Å². The van der Waals surface area contributed by atoms with E-state index in [2.05, 4.69) is 47.6 Å². The van der Waals surface area contributed by atoms with Gasteiger partial charge in [-0.3, -0.25) is 14.4 Å². The summed E-state index contributed by atoms with van der Waals surface area (Å²) >= 11 is 0. The van der Waals surface area contributed by atoms with Crippen molar-refractivity contribution in [1.82, 2.24) is 4.72 Å². The lowest BCUT2D eigenvalue weighted by atomic mass is 9.34. The lowest BCUT2D eigenvalue weighted by Crippen LogP contribution is -2.70. The van der Waals surface area contributed by atoms with E-state index in [1.807, 2.05) is 11.6 Å². The molecular formula is C46H64F6N2O9S. The number of benzene rings is 1. The molecule has 64 heavy (non-hydrogen) atoms. The van der Waals surface area contributed by atoms with Crippen LogP contribution in [0.5, 0.6) is 0 Å². The first-order valence-corrected chi connectivity index (χ1v) is 23.8. The molecule has 12 atom stereocenters. The van der Waals surface area contributed by atoms with E-state index < -0.39 is 102 Å². The zero-order chi connectivity index (χ0) is 47.8. The van der Waals surface area contributed by atoms with Gasteiger partial charge in [0.2, 0.25) is 10.0 Å². The van der Waals surface area contributed by atoms with Crippen LogP contribution in [0, 0.1) is 56.7 Å². The maximum Gasteiger partial charge on any atom is 0.416 e. The number of aliphatic carboxylic acids is 1. The van der Waals surface area contributed by atoms with E-state index in [0.29, 0.717) is 25.4 Å².